The minimum absolute atomic E-state index is 0.0821. The monoisotopic (exact) mass is 300 g/mol. The second-order valence-corrected chi connectivity index (χ2v) is 4.93. The molecule has 0 spiro atoms. The predicted molar refractivity (Wildman–Crippen MR) is 64.8 cm³/mol. The van der Waals surface area contributed by atoms with Crippen molar-refractivity contribution in [3.05, 3.63) is 47.1 Å². The van der Waals surface area contributed by atoms with Gasteiger partial charge in [0.05, 0.1) is 11.0 Å². The summed E-state index contributed by atoms with van der Waals surface area (Å²) in [6.07, 6.45) is -4.70. The molecule has 2 rings (SSSR count). The lowest BCUT2D eigenvalue weighted by atomic mass is 9.83. The van der Waals surface area contributed by atoms with E-state index in [1.807, 2.05) is 0 Å². The fourth-order valence-electron chi connectivity index (χ4n) is 1.75. The molecule has 1 aromatic carbocycles. The summed E-state index contributed by atoms with van der Waals surface area (Å²) in [6.45, 7) is 3.24. The van der Waals surface area contributed by atoms with Crippen LogP contribution in [-0.4, -0.2) is 21.2 Å². The van der Waals surface area contributed by atoms with Crippen LogP contribution in [-0.2, 0) is 11.6 Å². The molecule has 1 heterocycles. The molecule has 0 atom stereocenters. The Hall–Kier alpha value is -2.38. The Bertz CT molecular complexity index is 660. The average Bonchev–Trinajstić information content (AvgIpc) is 2.89. The van der Waals surface area contributed by atoms with Crippen molar-refractivity contribution in [1.29, 1.82) is 0 Å². The molecule has 5 nitrogen and oxygen atoms in total. The first kappa shape index (κ1) is 15.0. The van der Waals surface area contributed by atoms with Crippen molar-refractivity contribution in [2.45, 2.75) is 25.4 Å². The first-order valence-electron chi connectivity index (χ1n) is 5.87. The molecule has 1 aromatic heterocycles. The van der Waals surface area contributed by atoms with Gasteiger partial charge in [0.25, 0.3) is 0 Å². The number of aromatic carboxylic acids is 1. The van der Waals surface area contributed by atoms with E-state index in [1.54, 1.807) is 13.8 Å². The van der Waals surface area contributed by atoms with Gasteiger partial charge >= 0.3 is 18.0 Å². The molecular weight excluding hydrogens is 289 g/mol. The van der Waals surface area contributed by atoms with Gasteiger partial charge in [0, 0.05) is 0 Å². The SMILES string of the molecule is CC(C)(c1ccc(C(=O)O)cc1)c1noc(C(F)(F)F)n1. The lowest BCUT2D eigenvalue weighted by Gasteiger charge is -2.21. The zero-order valence-electron chi connectivity index (χ0n) is 11.1. The Morgan fingerprint density at radius 1 is 1.19 bits per heavy atom. The summed E-state index contributed by atoms with van der Waals surface area (Å²) < 4.78 is 41.6. The van der Waals surface area contributed by atoms with Gasteiger partial charge in [-0.1, -0.05) is 17.3 Å². The van der Waals surface area contributed by atoms with E-state index < -0.39 is 23.5 Å². The molecule has 0 amide bonds. The smallest absolute Gasteiger partial charge is 0.471 e. The van der Waals surface area contributed by atoms with Crippen LogP contribution < -0.4 is 0 Å². The van der Waals surface area contributed by atoms with E-state index in [-0.39, 0.29) is 11.4 Å². The van der Waals surface area contributed by atoms with Crippen LogP contribution in [0.3, 0.4) is 0 Å². The number of carboxylic acids is 1. The number of benzene rings is 1. The van der Waals surface area contributed by atoms with E-state index in [9.17, 15) is 18.0 Å². The summed E-state index contributed by atoms with van der Waals surface area (Å²) in [5.74, 6) is -2.62. The Balaban J connectivity index is 2.37. The molecule has 0 bridgehead atoms. The summed E-state index contributed by atoms with van der Waals surface area (Å²) in [6, 6.07) is 5.74. The third kappa shape index (κ3) is 2.88. The Morgan fingerprint density at radius 3 is 2.19 bits per heavy atom. The predicted octanol–water partition coefficient (Wildman–Crippen LogP) is 3.11. The van der Waals surface area contributed by atoms with E-state index >= 15 is 0 Å². The zero-order chi connectivity index (χ0) is 15.8. The number of aromatic nitrogens is 2. The van der Waals surface area contributed by atoms with Gasteiger partial charge in [-0.15, -0.1) is 0 Å². The standard InChI is InChI=1S/C13H11F3N2O3/c1-12(2,8-5-3-7(4-6-8)9(19)20)10-17-11(21-18-10)13(14,15)16/h3-6H,1-2H3,(H,19,20). The molecule has 2 aromatic rings. The lowest BCUT2D eigenvalue weighted by Crippen LogP contribution is -2.21. The lowest BCUT2D eigenvalue weighted by molar-refractivity contribution is -0.159. The zero-order valence-corrected chi connectivity index (χ0v) is 11.1. The van der Waals surface area contributed by atoms with Crippen molar-refractivity contribution in [2.75, 3.05) is 0 Å². The van der Waals surface area contributed by atoms with Gasteiger partial charge < -0.3 is 9.63 Å². The van der Waals surface area contributed by atoms with Gasteiger partial charge in [-0.05, 0) is 31.5 Å². The van der Waals surface area contributed by atoms with Crippen molar-refractivity contribution >= 4 is 5.97 Å². The van der Waals surface area contributed by atoms with Crippen LogP contribution in [0.15, 0.2) is 28.8 Å². The molecule has 0 aliphatic rings. The first-order chi connectivity index (χ1) is 9.62. The first-order valence-corrected chi connectivity index (χ1v) is 5.87. The second-order valence-electron chi connectivity index (χ2n) is 4.93. The number of carbonyl (C=O) groups is 1. The van der Waals surface area contributed by atoms with Crippen molar-refractivity contribution in [2.24, 2.45) is 0 Å². The van der Waals surface area contributed by atoms with E-state index in [0.29, 0.717) is 5.56 Å². The number of alkyl halides is 3. The largest absolute Gasteiger partial charge is 0.478 e. The van der Waals surface area contributed by atoms with Crippen LogP contribution in [0, 0.1) is 0 Å². The molecule has 0 fully saturated rings. The van der Waals surface area contributed by atoms with Gasteiger partial charge in [0.1, 0.15) is 0 Å². The number of hydrogen-bond acceptors (Lipinski definition) is 4. The highest BCUT2D eigenvalue weighted by molar-refractivity contribution is 5.87. The molecule has 0 aliphatic heterocycles. The topological polar surface area (TPSA) is 76.2 Å². The molecule has 21 heavy (non-hydrogen) atoms. The van der Waals surface area contributed by atoms with Gasteiger partial charge in [0.2, 0.25) is 0 Å². The van der Waals surface area contributed by atoms with Gasteiger partial charge in [-0.25, -0.2) is 4.79 Å². The van der Waals surface area contributed by atoms with E-state index in [4.69, 9.17) is 5.11 Å². The van der Waals surface area contributed by atoms with E-state index in [2.05, 4.69) is 14.7 Å². The van der Waals surface area contributed by atoms with Gasteiger partial charge in [-0.2, -0.15) is 18.2 Å². The molecule has 8 heteroatoms. The van der Waals surface area contributed by atoms with E-state index in [0.717, 1.165) is 0 Å². The summed E-state index contributed by atoms with van der Waals surface area (Å²) in [4.78, 5) is 14.1. The third-order valence-corrected chi connectivity index (χ3v) is 3.08. The fraction of sp³-hybridized carbons (Fsp3) is 0.308. The molecule has 0 aliphatic carbocycles. The van der Waals surface area contributed by atoms with Gasteiger partial charge in [-0.3, -0.25) is 0 Å². The van der Waals surface area contributed by atoms with Gasteiger partial charge in [0.15, 0.2) is 5.82 Å². The van der Waals surface area contributed by atoms with Crippen LogP contribution in [0.5, 0.6) is 0 Å². The maximum absolute atomic E-state index is 12.5. The number of halogens is 3. The number of carboxylic acid groups (broad SMARTS) is 1. The maximum atomic E-state index is 12.5. The van der Waals surface area contributed by atoms with Crippen LogP contribution in [0.2, 0.25) is 0 Å². The van der Waals surface area contributed by atoms with Crippen molar-refractivity contribution < 1.29 is 27.6 Å². The average molecular weight is 300 g/mol. The second kappa shape index (κ2) is 4.87. The van der Waals surface area contributed by atoms with Crippen LogP contribution >= 0.6 is 0 Å². The number of hydrogen-bond donors (Lipinski definition) is 1. The molecule has 0 radical (unpaired) electrons. The summed E-state index contributed by atoms with van der Waals surface area (Å²) >= 11 is 0. The van der Waals surface area contributed by atoms with Crippen molar-refractivity contribution in [1.82, 2.24) is 10.1 Å². The van der Waals surface area contributed by atoms with Crippen LogP contribution in [0.1, 0.15) is 41.5 Å². The molecule has 112 valence electrons. The summed E-state index contributed by atoms with van der Waals surface area (Å²) in [7, 11) is 0. The Morgan fingerprint density at radius 2 is 1.76 bits per heavy atom. The fourth-order valence-corrected chi connectivity index (χ4v) is 1.75. The van der Waals surface area contributed by atoms with Crippen LogP contribution in [0.4, 0.5) is 13.2 Å². The molecule has 0 unspecified atom stereocenters. The molecule has 0 saturated heterocycles. The van der Waals surface area contributed by atoms with E-state index in [1.165, 1.54) is 24.3 Å². The quantitative estimate of drug-likeness (QED) is 0.942. The number of nitrogens with zero attached hydrogens (tertiary/aromatic N) is 2. The van der Waals surface area contributed by atoms with Crippen molar-refractivity contribution in [3.8, 4) is 0 Å². The summed E-state index contributed by atoms with van der Waals surface area (Å²) in [5, 5.41) is 12.2. The highest BCUT2D eigenvalue weighted by Gasteiger charge is 2.40. The Kier molecular flexibility index (Phi) is 3.48. The normalized spacial score (nSPS) is 12.4. The van der Waals surface area contributed by atoms with Crippen LogP contribution in [0.25, 0.3) is 0 Å². The number of rotatable bonds is 3. The Labute approximate surface area is 117 Å². The minimum atomic E-state index is -4.70. The third-order valence-electron chi connectivity index (χ3n) is 3.08. The highest BCUT2D eigenvalue weighted by Crippen LogP contribution is 2.33. The highest BCUT2D eigenvalue weighted by atomic mass is 19.4. The summed E-state index contributed by atoms with van der Waals surface area (Å²) in [5.41, 5.74) is -0.301. The maximum Gasteiger partial charge on any atom is 0.471 e. The molecular formula is C13H11F3N2O3. The minimum Gasteiger partial charge on any atom is -0.478 e. The van der Waals surface area contributed by atoms with Crippen molar-refractivity contribution in [3.63, 3.8) is 0 Å². The molecule has 0 saturated carbocycles. The molecule has 1 N–H and O–H groups in total.